The number of aromatic nitrogens is 2. The number of hydrogen-bond acceptors (Lipinski definition) is 18. The van der Waals surface area contributed by atoms with Crippen molar-refractivity contribution in [2.75, 3.05) is 26.2 Å². The number of aryl methyl sites for hydroxylation is 2. The number of carbonyl (C=O) groups is 4. The molecule has 2 atom stereocenters. The van der Waals surface area contributed by atoms with E-state index in [1.54, 1.807) is 0 Å². The second-order valence-corrected chi connectivity index (χ2v) is 11.2. The van der Waals surface area contributed by atoms with Crippen LogP contribution in [0.15, 0.2) is 12.4 Å². The Morgan fingerprint density at radius 2 is 1.13 bits per heavy atom. The van der Waals surface area contributed by atoms with E-state index in [0.29, 0.717) is 0 Å². The maximum absolute atomic E-state index is 12.4. The van der Waals surface area contributed by atoms with Gasteiger partial charge in [-0.3, -0.25) is 38.3 Å². The Balaban J connectivity index is 0.0000101. The molecule has 0 spiro atoms. The maximum Gasteiger partial charge on any atom is 2.00 e. The molecule has 20 nitrogen and oxygen atoms in total. The predicted molar refractivity (Wildman–Crippen MR) is 143 cm³/mol. The van der Waals surface area contributed by atoms with Crippen molar-refractivity contribution < 1.29 is 76.8 Å². The minimum absolute atomic E-state index is 0. The average Bonchev–Trinajstić information content (AvgIpc) is 2.92. The van der Waals surface area contributed by atoms with Crippen LogP contribution in [0.3, 0.4) is 0 Å². The molecule has 0 saturated carbocycles. The van der Waals surface area contributed by atoms with E-state index in [1.807, 2.05) is 0 Å². The number of aldehydes is 2. The largest absolute Gasteiger partial charge is 2.00 e. The quantitative estimate of drug-likeness (QED) is 0.0598. The Morgan fingerprint density at radius 1 is 0.800 bits per heavy atom. The number of hydrogen-bond donors (Lipinski definition) is 4. The number of pyridine rings is 2. The number of phosphoric acid groups is 2. The van der Waals surface area contributed by atoms with Crippen LogP contribution in [0.25, 0.3) is 0 Å². The van der Waals surface area contributed by atoms with E-state index in [2.05, 4.69) is 28.3 Å². The maximum atomic E-state index is 12.4. The van der Waals surface area contributed by atoms with Crippen LogP contribution in [0.4, 0.5) is 0 Å². The van der Waals surface area contributed by atoms with Crippen LogP contribution in [0.2, 0.25) is 0 Å². The summed E-state index contributed by atoms with van der Waals surface area (Å²) >= 11 is 0. The van der Waals surface area contributed by atoms with Crippen LogP contribution in [0, 0.1) is 13.8 Å². The first kappa shape index (κ1) is 40.1. The number of aliphatic carboxylic acids is 2. The standard InChI is InChI=1S/C22H28N4O16P2.Mg/c1-13-21(33)17(9-27)15(5-23-13)11-39-43(35,36)41-25(7-19(29)30)3-4-26(8-20(31)32)42-44(37,38)40-12-16-6-24-14(2)22(34)18(16)10-28;/h5-6,9-10,33-34H,3-4,7-8,11-12H2,1-2H3,(H,29,30)(H,31,32)(H,35,36)(H,37,38);/q;+2/p-2. The third kappa shape index (κ3) is 12.8. The topological polar surface area (TPSA) is 299 Å². The molecule has 242 valence electrons. The molecule has 2 unspecified atom stereocenters. The molecule has 0 aliphatic rings. The van der Waals surface area contributed by atoms with E-state index < -0.39 is 78.5 Å². The number of rotatable bonds is 19. The summed E-state index contributed by atoms with van der Waals surface area (Å²) in [4.78, 5) is 77.4. The van der Waals surface area contributed by atoms with Gasteiger partial charge >= 0.3 is 35.0 Å². The first-order chi connectivity index (χ1) is 20.5. The molecule has 0 aliphatic heterocycles. The van der Waals surface area contributed by atoms with Gasteiger partial charge in [-0.2, -0.15) is 10.1 Å². The molecule has 2 rings (SSSR count). The molecule has 2 heterocycles. The summed E-state index contributed by atoms with van der Waals surface area (Å²) in [5, 5.41) is 38.7. The minimum Gasteiger partial charge on any atom is -0.755 e. The molecule has 4 N–H and O–H groups in total. The second kappa shape index (κ2) is 17.7. The molecule has 0 bridgehead atoms. The number of carboxylic acids is 2. The van der Waals surface area contributed by atoms with Gasteiger partial charge in [0.15, 0.2) is 12.6 Å². The van der Waals surface area contributed by atoms with Gasteiger partial charge in [0.1, 0.15) is 24.6 Å². The van der Waals surface area contributed by atoms with Crippen molar-refractivity contribution in [3.63, 3.8) is 0 Å². The van der Waals surface area contributed by atoms with E-state index in [1.165, 1.54) is 13.8 Å². The fourth-order valence-corrected chi connectivity index (χ4v) is 4.78. The molecule has 0 aliphatic carbocycles. The number of aromatic hydroxyl groups is 2. The van der Waals surface area contributed by atoms with Crippen molar-refractivity contribution in [1.82, 2.24) is 20.1 Å². The van der Waals surface area contributed by atoms with Crippen LogP contribution in [-0.4, -0.2) is 114 Å². The number of carboxylic acid groups (broad SMARTS) is 2. The van der Waals surface area contributed by atoms with Gasteiger partial charge in [-0.15, -0.1) is 0 Å². The van der Waals surface area contributed by atoms with Crippen LogP contribution in [0.1, 0.15) is 43.2 Å². The SMILES string of the molecule is Cc1ncc(COP(=O)([O-])ON(CCN(CC(=O)O)OP(=O)([O-])OCc2cnc(C)c(O)c2C=O)CC(=O)O)c(C=O)c1O.[Mg+2]. The van der Waals surface area contributed by atoms with Crippen LogP contribution in [0.5, 0.6) is 11.5 Å². The molecule has 45 heavy (non-hydrogen) atoms. The molecule has 0 amide bonds. The zero-order valence-corrected chi connectivity index (χ0v) is 26.8. The number of nitrogens with zero attached hydrogens (tertiary/aromatic N) is 4. The molecular weight excluding hydrogens is 663 g/mol. The summed E-state index contributed by atoms with van der Waals surface area (Å²) < 4.78 is 43.3. The van der Waals surface area contributed by atoms with Crippen molar-refractivity contribution in [2.45, 2.75) is 27.1 Å². The fourth-order valence-electron chi connectivity index (χ4n) is 3.25. The van der Waals surface area contributed by atoms with E-state index in [0.717, 1.165) is 12.4 Å². The summed E-state index contributed by atoms with van der Waals surface area (Å²) in [6.45, 7) is -2.82. The van der Waals surface area contributed by atoms with E-state index in [-0.39, 0.29) is 79.4 Å². The zero-order valence-electron chi connectivity index (χ0n) is 23.6. The zero-order chi connectivity index (χ0) is 33.2. The summed E-state index contributed by atoms with van der Waals surface area (Å²) in [6.07, 6.45) is 2.56. The molecule has 0 fully saturated rings. The summed E-state index contributed by atoms with van der Waals surface area (Å²) in [7, 11) is -10.8. The van der Waals surface area contributed by atoms with Crippen molar-refractivity contribution in [2.24, 2.45) is 0 Å². The van der Waals surface area contributed by atoms with Gasteiger partial charge in [0.2, 0.25) is 0 Å². The Labute approximate surface area is 270 Å². The van der Waals surface area contributed by atoms with Crippen molar-refractivity contribution in [1.29, 1.82) is 0 Å². The third-order valence-corrected chi connectivity index (χ3v) is 7.11. The van der Waals surface area contributed by atoms with Crippen molar-refractivity contribution in [3.8, 4) is 11.5 Å². The molecule has 2 aromatic heterocycles. The first-order valence-electron chi connectivity index (χ1n) is 12.0. The fraction of sp³-hybridized carbons (Fsp3) is 0.364. The Morgan fingerprint density at radius 3 is 1.42 bits per heavy atom. The van der Waals surface area contributed by atoms with Gasteiger partial charge in [-0.25, -0.2) is 9.25 Å². The van der Waals surface area contributed by atoms with Crippen LogP contribution in [-0.2, 0) is 50.2 Å². The molecule has 23 heteroatoms. The average molecular weight is 689 g/mol. The van der Waals surface area contributed by atoms with Crippen LogP contribution < -0.4 is 9.79 Å². The first-order valence-corrected chi connectivity index (χ1v) is 14.9. The Hall–Kier alpha value is -2.91. The van der Waals surface area contributed by atoms with E-state index in [9.17, 15) is 48.3 Å². The second-order valence-electron chi connectivity index (χ2n) is 8.62. The Kier molecular flexibility index (Phi) is 15.8. The predicted octanol–water partition coefficient (Wildman–Crippen LogP) is -0.945. The van der Waals surface area contributed by atoms with Gasteiger partial charge in [0.25, 0.3) is 15.6 Å². The van der Waals surface area contributed by atoms with E-state index >= 15 is 0 Å². The summed E-state index contributed by atoms with van der Waals surface area (Å²) in [6, 6.07) is 0. The number of hydroxylamine groups is 4. The van der Waals surface area contributed by atoms with Crippen molar-refractivity contribution >= 4 is 63.2 Å². The van der Waals surface area contributed by atoms with Crippen LogP contribution >= 0.6 is 15.6 Å². The van der Waals surface area contributed by atoms with Gasteiger partial charge in [-0.05, 0) is 13.8 Å². The monoisotopic (exact) mass is 688 g/mol. The van der Waals surface area contributed by atoms with Gasteiger partial charge < -0.3 is 39.3 Å². The number of carbonyl (C=O) groups excluding carboxylic acids is 2. The molecule has 0 aromatic carbocycles. The molecular formula is C22H26MgN4O16P2. The summed E-state index contributed by atoms with van der Waals surface area (Å²) in [5.74, 6) is -4.28. The third-order valence-electron chi connectivity index (χ3n) is 5.36. The summed E-state index contributed by atoms with van der Waals surface area (Å²) in [5.41, 5.74) is -0.799. The molecule has 2 aromatic rings. The van der Waals surface area contributed by atoms with E-state index in [4.69, 9.17) is 10.2 Å². The van der Waals surface area contributed by atoms with Gasteiger partial charge in [0.05, 0.1) is 35.7 Å². The van der Waals surface area contributed by atoms with Gasteiger partial charge in [-0.1, -0.05) is 0 Å². The Bertz CT molecular complexity index is 1390. The van der Waals surface area contributed by atoms with Crippen molar-refractivity contribution in [3.05, 3.63) is 46.0 Å². The number of phosphoric ester groups is 2. The normalized spacial score (nSPS) is 13.9. The molecule has 0 radical (unpaired) electrons. The smallest absolute Gasteiger partial charge is 0.755 e. The minimum atomic E-state index is -5.40. The molecule has 0 saturated heterocycles. The van der Waals surface area contributed by atoms with Gasteiger partial charge in [0, 0.05) is 36.6 Å².